The lowest BCUT2D eigenvalue weighted by Crippen LogP contribution is -2.18. The molecule has 4 rings (SSSR count). The van der Waals surface area contributed by atoms with Gasteiger partial charge in [-0.3, -0.25) is 5.43 Å². The number of nitrogens with one attached hydrogen (secondary N) is 1. The van der Waals surface area contributed by atoms with Crippen molar-refractivity contribution in [2.45, 2.75) is 6.92 Å². The number of hydrogen-bond acceptors (Lipinski definition) is 5. The van der Waals surface area contributed by atoms with Crippen LogP contribution >= 0.6 is 22.9 Å². The topological polar surface area (TPSA) is 46.0 Å². The summed E-state index contributed by atoms with van der Waals surface area (Å²) in [4.78, 5) is 5.82. The highest BCUT2D eigenvalue weighted by Gasteiger charge is 2.18. The van der Waals surface area contributed by atoms with E-state index in [4.69, 9.17) is 21.3 Å². The van der Waals surface area contributed by atoms with Gasteiger partial charge in [-0.25, -0.2) is 4.99 Å². The zero-order valence-corrected chi connectivity index (χ0v) is 15.6. The number of ether oxygens (including phenoxy) is 1. The highest BCUT2D eigenvalue weighted by molar-refractivity contribution is 7.12. The third-order valence-electron chi connectivity index (χ3n) is 3.89. The molecule has 0 unspecified atom stereocenters. The van der Waals surface area contributed by atoms with E-state index in [1.165, 1.54) is 0 Å². The third kappa shape index (κ3) is 3.36. The molecule has 0 bridgehead atoms. The fourth-order valence-electron chi connectivity index (χ4n) is 2.75. The van der Waals surface area contributed by atoms with Crippen LogP contribution in [-0.2, 0) is 0 Å². The largest absolute Gasteiger partial charge is 0.494 e. The number of benzene rings is 2. The predicted octanol–water partition coefficient (Wildman–Crippen LogP) is 5.23. The molecule has 1 aliphatic heterocycles. The van der Waals surface area contributed by atoms with E-state index in [1.54, 1.807) is 11.3 Å². The van der Waals surface area contributed by atoms with Gasteiger partial charge in [0.2, 0.25) is 0 Å². The Morgan fingerprint density at radius 3 is 2.81 bits per heavy atom. The minimum atomic E-state index is 0.602. The number of nitrogens with zero attached hydrogens (tertiary/aromatic N) is 2. The normalized spacial score (nSPS) is 13.2. The van der Waals surface area contributed by atoms with Crippen molar-refractivity contribution >= 4 is 40.2 Å². The van der Waals surface area contributed by atoms with E-state index in [2.05, 4.69) is 10.5 Å². The average molecular weight is 382 g/mol. The van der Waals surface area contributed by atoms with Crippen molar-refractivity contribution in [3.05, 3.63) is 81.0 Å². The second-order valence-electron chi connectivity index (χ2n) is 5.63. The first-order valence-corrected chi connectivity index (χ1v) is 9.50. The highest BCUT2D eigenvalue weighted by Crippen LogP contribution is 2.30. The van der Waals surface area contributed by atoms with Gasteiger partial charge in [0.25, 0.3) is 0 Å². The van der Waals surface area contributed by atoms with E-state index in [0.717, 1.165) is 39.0 Å². The molecule has 0 aliphatic carbocycles. The third-order valence-corrected chi connectivity index (χ3v) is 5.00. The fourth-order valence-corrected chi connectivity index (χ4v) is 3.61. The Morgan fingerprint density at radius 2 is 2.04 bits per heavy atom. The van der Waals surface area contributed by atoms with Crippen molar-refractivity contribution in [2.75, 3.05) is 6.61 Å². The van der Waals surface area contributed by atoms with Gasteiger partial charge < -0.3 is 4.74 Å². The van der Waals surface area contributed by atoms with Crippen LogP contribution in [0.2, 0.25) is 5.02 Å². The second-order valence-corrected chi connectivity index (χ2v) is 7.02. The summed E-state index contributed by atoms with van der Waals surface area (Å²) < 4.78 is 5.67. The molecule has 0 radical (unpaired) electrons. The van der Waals surface area contributed by atoms with Crippen LogP contribution in [0.15, 0.2) is 70.1 Å². The summed E-state index contributed by atoms with van der Waals surface area (Å²) >= 11 is 7.81. The molecule has 2 aromatic carbocycles. The molecule has 0 amide bonds. The van der Waals surface area contributed by atoms with Gasteiger partial charge in [-0.2, -0.15) is 5.10 Å². The lowest BCUT2D eigenvalue weighted by molar-refractivity contribution is 0.340. The Balaban J connectivity index is 1.88. The maximum Gasteiger partial charge on any atom is 0.164 e. The van der Waals surface area contributed by atoms with E-state index in [-0.39, 0.29) is 0 Å². The summed E-state index contributed by atoms with van der Waals surface area (Å²) in [7, 11) is 0. The first kappa shape index (κ1) is 16.8. The molecule has 26 heavy (non-hydrogen) atoms. The molecule has 1 aliphatic rings. The van der Waals surface area contributed by atoms with E-state index >= 15 is 0 Å². The molecular weight excluding hydrogens is 366 g/mol. The number of hydrogen-bond donors (Lipinski definition) is 1. The molecule has 130 valence electrons. The van der Waals surface area contributed by atoms with Gasteiger partial charge in [0.15, 0.2) is 5.84 Å². The minimum absolute atomic E-state index is 0.602. The first-order chi connectivity index (χ1) is 12.7. The summed E-state index contributed by atoms with van der Waals surface area (Å²) in [5, 5.41) is 7.33. The number of amidine groups is 1. The molecule has 0 spiro atoms. The average Bonchev–Trinajstić information content (AvgIpc) is 3.11. The van der Waals surface area contributed by atoms with Gasteiger partial charge in [0.05, 0.1) is 17.2 Å². The molecule has 0 fully saturated rings. The van der Waals surface area contributed by atoms with Crippen molar-refractivity contribution < 1.29 is 4.74 Å². The van der Waals surface area contributed by atoms with Gasteiger partial charge in [-0.1, -0.05) is 29.8 Å². The number of fused-ring (bicyclic) bond motifs is 1. The predicted molar refractivity (Wildman–Crippen MR) is 108 cm³/mol. The van der Waals surface area contributed by atoms with Gasteiger partial charge in [-0.05, 0) is 48.7 Å². The zero-order chi connectivity index (χ0) is 17.9. The van der Waals surface area contributed by atoms with Crippen LogP contribution in [0.1, 0.15) is 22.9 Å². The Bertz CT molecular complexity index is 996. The number of hydrazone groups is 1. The van der Waals surface area contributed by atoms with Crippen molar-refractivity contribution in [1.29, 1.82) is 0 Å². The quantitative estimate of drug-likeness (QED) is 0.672. The standard InChI is InChI=1S/C20H16ClN3OS/c1-2-25-15-8-9-17-16(12-15)19(13-5-3-6-14(21)11-13)23-24-20(22-17)18-7-4-10-26-18/h3-12H,2H2,1H3,(H,22,24). The SMILES string of the molecule is CCOc1ccc2c(c1)C(c1cccc(Cl)c1)=NNC(c1cccs1)=N2. The monoisotopic (exact) mass is 381 g/mol. The Labute approximate surface area is 160 Å². The van der Waals surface area contributed by atoms with Crippen molar-refractivity contribution in [2.24, 2.45) is 10.1 Å². The summed E-state index contributed by atoms with van der Waals surface area (Å²) in [6.07, 6.45) is 0. The van der Waals surface area contributed by atoms with Crippen molar-refractivity contribution in [1.82, 2.24) is 5.43 Å². The fraction of sp³-hybridized carbons (Fsp3) is 0.100. The molecule has 4 nitrogen and oxygen atoms in total. The molecule has 1 N–H and O–H groups in total. The molecule has 2 heterocycles. The Morgan fingerprint density at radius 1 is 1.12 bits per heavy atom. The molecule has 0 saturated carbocycles. The van der Waals surface area contributed by atoms with Crippen LogP contribution in [0.25, 0.3) is 0 Å². The van der Waals surface area contributed by atoms with Crippen molar-refractivity contribution in [3.8, 4) is 5.75 Å². The molecule has 6 heteroatoms. The summed E-state index contributed by atoms with van der Waals surface area (Å²) in [6, 6.07) is 17.5. The number of thiophene rings is 1. The van der Waals surface area contributed by atoms with Crippen LogP contribution < -0.4 is 10.2 Å². The van der Waals surface area contributed by atoms with Crippen LogP contribution in [0.4, 0.5) is 5.69 Å². The van der Waals surface area contributed by atoms with Crippen LogP contribution in [-0.4, -0.2) is 18.2 Å². The van der Waals surface area contributed by atoms with Gasteiger partial charge in [0.1, 0.15) is 11.5 Å². The lowest BCUT2D eigenvalue weighted by Gasteiger charge is -2.10. The van der Waals surface area contributed by atoms with E-state index < -0.39 is 0 Å². The minimum Gasteiger partial charge on any atom is -0.494 e. The molecule has 0 atom stereocenters. The maximum absolute atomic E-state index is 6.20. The Kier molecular flexibility index (Phi) is 4.73. The summed E-state index contributed by atoms with van der Waals surface area (Å²) in [6.45, 7) is 2.57. The summed E-state index contributed by atoms with van der Waals surface area (Å²) in [5.74, 6) is 1.51. The molecular formula is C20H16ClN3OS. The molecule has 0 saturated heterocycles. The summed E-state index contributed by atoms with van der Waals surface area (Å²) in [5.41, 5.74) is 6.55. The highest BCUT2D eigenvalue weighted by atomic mass is 35.5. The van der Waals surface area contributed by atoms with Gasteiger partial charge in [-0.15, -0.1) is 11.3 Å². The zero-order valence-electron chi connectivity index (χ0n) is 14.1. The number of halogens is 1. The van der Waals surface area contributed by atoms with E-state index in [0.29, 0.717) is 11.6 Å². The number of rotatable bonds is 4. The first-order valence-electron chi connectivity index (χ1n) is 8.24. The molecule has 3 aromatic rings. The lowest BCUT2D eigenvalue weighted by atomic mass is 10.0. The van der Waals surface area contributed by atoms with E-state index in [9.17, 15) is 0 Å². The van der Waals surface area contributed by atoms with E-state index in [1.807, 2.05) is 66.9 Å². The molecule has 1 aromatic heterocycles. The van der Waals surface area contributed by atoms with Crippen LogP contribution in [0, 0.1) is 0 Å². The van der Waals surface area contributed by atoms with Crippen molar-refractivity contribution in [3.63, 3.8) is 0 Å². The second kappa shape index (κ2) is 7.32. The van der Waals surface area contributed by atoms with Gasteiger partial charge >= 0.3 is 0 Å². The maximum atomic E-state index is 6.20. The Hall–Kier alpha value is -2.63. The number of aliphatic imine (C=N–C) groups is 1. The van der Waals surface area contributed by atoms with Crippen LogP contribution in [0.5, 0.6) is 5.75 Å². The van der Waals surface area contributed by atoms with Gasteiger partial charge in [0, 0.05) is 16.1 Å². The van der Waals surface area contributed by atoms with Crippen LogP contribution in [0.3, 0.4) is 0 Å². The smallest absolute Gasteiger partial charge is 0.164 e.